The van der Waals surface area contributed by atoms with E-state index in [1.54, 1.807) is 0 Å². The van der Waals surface area contributed by atoms with Gasteiger partial charge in [-0.3, -0.25) is 0 Å². The molecule has 1 heterocycles. The molecular formula is C24H15BrO2. The summed E-state index contributed by atoms with van der Waals surface area (Å²) in [7, 11) is 0. The number of fused-ring (bicyclic) bond motifs is 3. The van der Waals surface area contributed by atoms with Gasteiger partial charge in [-0.15, -0.1) is 0 Å². The zero-order valence-electron chi connectivity index (χ0n) is 14.4. The summed E-state index contributed by atoms with van der Waals surface area (Å²) in [6.45, 7) is 0. The summed E-state index contributed by atoms with van der Waals surface area (Å²) in [5.41, 5.74) is 4.01. The smallest absolute Gasteiger partial charge is 0.143 e. The minimum absolute atomic E-state index is 0.804. The van der Waals surface area contributed by atoms with E-state index >= 15 is 0 Å². The molecule has 0 aliphatic rings. The number of para-hydroxylation sites is 2. The zero-order valence-corrected chi connectivity index (χ0v) is 15.9. The Morgan fingerprint density at radius 1 is 0.630 bits per heavy atom. The Hall–Kier alpha value is -3.04. The SMILES string of the molecule is Brc1ccc(Oc2ccc(-c3cccc4c3oc3ccccc34)cc2)cc1. The first-order valence-electron chi connectivity index (χ1n) is 8.72. The van der Waals surface area contributed by atoms with Crippen LogP contribution in [0.3, 0.4) is 0 Å². The van der Waals surface area contributed by atoms with E-state index in [-0.39, 0.29) is 0 Å². The van der Waals surface area contributed by atoms with E-state index in [0.717, 1.165) is 49.0 Å². The van der Waals surface area contributed by atoms with Crippen molar-refractivity contribution in [2.24, 2.45) is 0 Å². The van der Waals surface area contributed by atoms with Crippen molar-refractivity contribution < 1.29 is 9.15 Å². The Labute approximate surface area is 165 Å². The summed E-state index contributed by atoms with van der Waals surface area (Å²) < 4.78 is 13.1. The largest absolute Gasteiger partial charge is 0.457 e. The molecule has 0 saturated heterocycles. The van der Waals surface area contributed by atoms with Gasteiger partial charge >= 0.3 is 0 Å². The van der Waals surface area contributed by atoms with Crippen molar-refractivity contribution in [2.45, 2.75) is 0 Å². The molecule has 0 fully saturated rings. The Morgan fingerprint density at radius 2 is 1.30 bits per heavy atom. The van der Waals surface area contributed by atoms with Crippen molar-refractivity contribution in [1.29, 1.82) is 0 Å². The number of halogens is 1. The van der Waals surface area contributed by atoms with E-state index in [1.165, 1.54) is 0 Å². The molecule has 0 spiro atoms. The van der Waals surface area contributed by atoms with E-state index in [0.29, 0.717) is 0 Å². The molecule has 0 aliphatic carbocycles. The highest BCUT2D eigenvalue weighted by molar-refractivity contribution is 9.10. The van der Waals surface area contributed by atoms with Crippen LogP contribution in [0, 0.1) is 0 Å². The van der Waals surface area contributed by atoms with Crippen LogP contribution in [0.1, 0.15) is 0 Å². The molecule has 0 unspecified atom stereocenters. The fraction of sp³-hybridized carbons (Fsp3) is 0. The molecule has 1 aromatic heterocycles. The standard InChI is InChI=1S/C24H15BrO2/c25-17-10-14-19(15-11-17)26-18-12-8-16(9-13-18)20-5-3-6-22-21-4-1-2-7-23(21)27-24(20)22/h1-15H. The lowest BCUT2D eigenvalue weighted by Gasteiger charge is -2.07. The molecule has 0 radical (unpaired) electrons. The summed E-state index contributed by atoms with van der Waals surface area (Å²) in [5, 5.41) is 2.28. The van der Waals surface area contributed by atoms with Crippen LogP contribution in [-0.2, 0) is 0 Å². The lowest BCUT2D eigenvalue weighted by molar-refractivity contribution is 0.482. The maximum atomic E-state index is 6.14. The highest BCUT2D eigenvalue weighted by atomic mass is 79.9. The first-order valence-corrected chi connectivity index (χ1v) is 9.51. The number of rotatable bonds is 3. The van der Waals surface area contributed by atoms with Crippen LogP contribution in [0.15, 0.2) is 99.9 Å². The van der Waals surface area contributed by atoms with Gasteiger partial charge in [0, 0.05) is 20.8 Å². The molecule has 0 N–H and O–H groups in total. The van der Waals surface area contributed by atoms with Gasteiger partial charge in [0.1, 0.15) is 22.7 Å². The minimum atomic E-state index is 0.804. The molecule has 0 saturated carbocycles. The molecule has 27 heavy (non-hydrogen) atoms. The Balaban J connectivity index is 1.52. The van der Waals surface area contributed by atoms with Crippen LogP contribution in [0.5, 0.6) is 11.5 Å². The van der Waals surface area contributed by atoms with Gasteiger partial charge < -0.3 is 9.15 Å². The van der Waals surface area contributed by atoms with E-state index in [9.17, 15) is 0 Å². The predicted molar refractivity (Wildman–Crippen MR) is 113 cm³/mol. The molecule has 5 rings (SSSR count). The van der Waals surface area contributed by atoms with E-state index in [2.05, 4.69) is 52.3 Å². The van der Waals surface area contributed by atoms with Gasteiger partial charge in [-0.05, 0) is 48.0 Å². The monoisotopic (exact) mass is 414 g/mol. The highest BCUT2D eigenvalue weighted by Crippen LogP contribution is 2.36. The van der Waals surface area contributed by atoms with Gasteiger partial charge in [0.15, 0.2) is 0 Å². The molecule has 4 aromatic carbocycles. The Bertz CT molecular complexity index is 1240. The number of ether oxygens (including phenoxy) is 1. The molecule has 2 nitrogen and oxygen atoms in total. The van der Waals surface area contributed by atoms with Gasteiger partial charge in [-0.2, -0.15) is 0 Å². The summed E-state index contributed by atoms with van der Waals surface area (Å²) in [6.07, 6.45) is 0. The Morgan fingerprint density at radius 3 is 2.07 bits per heavy atom. The first-order chi connectivity index (χ1) is 13.3. The van der Waals surface area contributed by atoms with Crippen molar-refractivity contribution in [1.82, 2.24) is 0 Å². The first kappa shape index (κ1) is 16.2. The lowest BCUT2D eigenvalue weighted by atomic mass is 10.0. The maximum Gasteiger partial charge on any atom is 0.143 e. The van der Waals surface area contributed by atoms with Gasteiger partial charge in [0.2, 0.25) is 0 Å². The number of hydrogen-bond acceptors (Lipinski definition) is 2. The van der Waals surface area contributed by atoms with Crippen molar-refractivity contribution in [3.05, 3.63) is 95.5 Å². The van der Waals surface area contributed by atoms with Crippen molar-refractivity contribution >= 4 is 37.9 Å². The van der Waals surface area contributed by atoms with Crippen LogP contribution in [0.2, 0.25) is 0 Å². The van der Waals surface area contributed by atoms with Gasteiger partial charge in [-0.25, -0.2) is 0 Å². The Kier molecular flexibility index (Phi) is 3.95. The van der Waals surface area contributed by atoms with Crippen molar-refractivity contribution in [3.63, 3.8) is 0 Å². The zero-order chi connectivity index (χ0) is 18.2. The second kappa shape index (κ2) is 6.60. The number of benzene rings is 4. The topological polar surface area (TPSA) is 22.4 Å². The maximum absolute atomic E-state index is 6.14. The summed E-state index contributed by atoms with van der Waals surface area (Å²) in [4.78, 5) is 0. The predicted octanol–water partition coefficient (Wildman–Crippen LogP) is 7.81. The molecule has 0 aliphatic heterocycles. The summed E-state index contributed by atoms with van der Waals surface area (Å²) in [6, 6.07) is 30.3. The van der Waals surface area contributed by atoms with Crippen molar-refractivity contribution in [3.8, 4) is 22.6 Å². The molecule has 0 atom stereocenters. The van der Waals surface area contributed by atoms with Gasteiger partial charge in [0.25, 0.3) is 0 Å². The van der Waals surface area contributed by atoms with Crippen LogP contribution < -0.4 is 4.74 Å². The second-order valence-corrected chi connectivity index (χ2v) is 7.28. The summed E-state index contributed by atoms with van der Waals surface area (Å²) >= 11 is 3.43. The molecule has 130 valence electrons. The fourth-order valence-electron chi connectivity index (χ4n) is 3.32. The minimum Gasteiger partial charge on any atom is -0.457 e. The second-order valence-electron chi connectivity index (χ2n) is 6.36. The molecule has 0 bridgehead atoms. The van der Waals surface area contributed by atoms with E-state index in [4.69, 9.17) is 9.15 Å². The average Bonchev–Trinajstić information content (AvgIpc) is 3.09. The van der Waals surface area contributed by atoms with E-state index < -0.39 is 0 Å². The van der Waals surface area contributed by atoms with Crippen LogP contribution in [-0.4, -0.2) is 0 Å². The molecule has 5 aromatic rings. The quantitative estimate of drug-likeness (QED) is 0.300. The molecule has 0 amide bonds. The highest BCUT2D eigenvalue weighted by Gasteiger charge is 2.11. The van der Waals surface area contributed by atoms with Crippen molar-refractivity contribution in [2.75, 3.05) is 0 Å². The average molecular weight is 415 g/mol. The van der Waals surface area contributed by atoms with E-state index in [1.807, 2.05) is 54.6 Å². The third kappa shape index (κ3) is 3.00. The fourth-order valence-corrected chi connectivity index (χ4v) is 3.58. The third-order valence-electron chi connectivity index (χ3n) is 4.62. The molecular weight excluding hydrogens is 400 g/mol. The molecule has 3 heteroatoms. The summed E-state index contributed by atoms with van der Waals surface area (Å²) in [5.74, 6) is 1.61. The van der Waals surface area contributed by atoms with Gasteiger partial charge in [-0.1, -0.05) is 64.5 Å². The van der Waals surface area contributed by atoms with Gasteiger partial charge in [0.05, 0.1) is 0 Å². The number of hydrogen-bond donors (Lipinski definition) is 0. The lowest BCUT2D eigenvalue weighted by Crippen LogP contribution is -1.84. The number of furan rings is 1. The van der Waals surface area contributed by atoms with Crippen LogP contribution >= 0.6 is 15.9 Å². The third-order valence-corrected chi connectivity index (χ3v) is 5.15. The normalized spacial score (nSPS) is 11.1. The van der Waals surface area contributed by atoms with Crippen LogP contribution in [0.25, 0.3) is 33.1 Å². The van der Waals surface area contributed by atoms with Crippen LogP contribution in [0.4, 0.5) is 0 Å².